The summed E-state index contributed by atoms with van der Waals surface area (Å²) in [6.45, 7) is 0. The number of halogens is 9. The van der Waals surface area contributed by atoms with Crippen molar-refractivity contribution in [1.82, 2.24) is 0 Å². The Morgan fingerprint density at radius 2 is 1.11 bits per heavy atom. The van der Waals surface area contributed by atoms with Crippen molar-refractivity contribution in [1.29, 1.82) is 0 Å². The number of hydrogen-bond acceptors (Lipinski definition) is 3. The lowest BCUT2D eigenvalue weighted by Crippen LogP contribution is -2.58. The second-order valence-electron chi connectivity index (χ2n) is 2.74. The quantitative estimate of drug-likeness (QED) is 0.439. The molecule has 0 aliphatic heterocycles. The molecule has 0 aliphatic rings. The minimum Gasteiger partial charge on any atom is -0.265 e. The maximum absolute atomic E-state index is 11.5. The van der Waals surface area contributed by atoms with Crippen LogP contribution in [0.4, 0.5) is 0 Å². The summed E-state index contributed by atoms with van der Waals surface area (Å²) in [5.41, 5.74) is 0. The lowest BCUT2D eigenvalue weighted by Gasteiger charge is -2.42. The SMILES string of the molecule is [CH2]OS(=O)(=O)C(Cl)(Cl)C(Cl)(Cl)C(Cl)(Cl)C(Cl)(Cl)Cl. The first kappa shape index (κ1) is 20.5. The van der Waals surface area contributed by atoms with E-state index >= 15 is 0 Å². The molecule has 1 radical (unpaired) electrons. The van der Waals surface area contributed by atoms with Crippen LogP contribution in [-0.2, 0) is 14.3 Å². The van der Waals surface area contributed by atoms with Gasteiger partial charge < -0.3 is 0 Å². The van der Waals surface area contributed by atoms with E-state index in [1.54, 1.807) is 0 Å². The molecular formula is C5H2Cl9O3S. The summed E-state index contributed by atoms with van der Waals surface area (Å²) in [4.78, 5) is 0. The highest BCUT2D eigenvalue weighted by atomic mass is 35.6. The highest BCUT2D eigenvalue weighted by molar-refractivity contribution is 7.91. The lowest BCUT2D eigenvalue weighted by atomic mass is 10.3. The molecule has 0 rings (SSSR count). The zero-order chi connectivity index (χ0) is 15.2. The van der Waals surface area contributed by atoms with Gasteiger partial charge in [-0.25, -0.2) is 0 Å². The molecule has 0 aromatic rings. The maximum Gasteiger partial charge on any atom is 0.305 e. The first-order valence-electron chi connectivity index (χ1n) is 3.44. The maximum atomic E-state index is 11.5. The standard InChI is InChI=1S/C5H2Cl9O3S/c1-17-18(15,16)5(13,14)3(8,9)2(6,7)4(10,11)12/h1H2. The molecule has 0 N–H and O–H groups in total. The van der Waals surface area contributed by atoms with Crippen molar-refractivity contribution in [3.05, 3.63) is 7.11 Å². The highest BCUT2D eigenvalue weighted by Crippen LogP contribution is 2.63. The molecule has 0 spiro atoms. The molecule has 0 atom stereocenters. The molecule has 0 saturated carbocycles. The fourth-order valence-corrected chi connectivity index (χ4v) is 3.91. The van der Waals surface area contributed by atoms with Gasteiger partial charge in [0.05, 0.1) is 7.11 Å². The van der Waals surface area contributed by atoms with E-state index in [0.717, 1.165) is 0 Å². The molecule has 109 valence electrons. The number of hydrogen-bond donors (Lipinski definition) is 0. The van der Waals surface area contributed by atoms with Crippen LogP contribution in [0.3, 0.4) is 0 Å². The molecule has 0 aromatic heterocycles. The lowest BCUT2D eigenvalue weighted by molar-refractivity contribution is 0.423. The van der Waals surface area contributed by atoms with Crippen LogP contribution in [0.5, 0.6) is 0 Å². The first-order chi connectivity index (χ1) is 7.56. The van der Waals surface area contributed by atoms with E-state index in [2.05, 4.69) is 11.3 Å². The van der Waals surface area contributed by atoms with E-state index in [1.165, 1.54) is 0 Å². The van der Waals surface area contributed by atoms with Crippen molar-refractivity contribution in [2.45, 2.75) is 16.1 Å². The van der Waals surface area contributed by atoms with Gasteiger partial charge in [-0.2, -0.15) is 8.42 Å². The smallest absolute Gasteiger partial charge is 0.265 e. The van der Waals surface area contributed by atoms with Crippen LogP contribution in [0.2, 0.25) is 0 Å². The Morgan fingerprint density at radius 3 is 1.33 bits per heavy atom. The van der Waals surface area contributed by atoms with Gasteiger partial charge in [0.15, 0.2) is 0 Å². The first-order valence-corrected chi connectivity index (χ1v) is 8.25. The minimum atomic E-state index is -4.79. The van der Waals surface area contributed by atoms with Crippen molar-refractivity contribution < 1.29 is 12.6 Å². The third kappa shape index (κ3) is 3.30. The average molecular weight is 461 g/mol. The summed E-state index contributed by atoms with van der Waals surface area (Å²) in [5.74, 6) is 0. The van der Waals surface area contributed by atoms with E-state index in [-0.39, 0.29) is 0 Å². The molecule has 0 aromatic carbocycles. The Balaban J connectivity index is 5.96. The van der Waals surface area contributed by atoms with E-state index < -0.39 is 26.2 Å². The summed E-state index contributed by atoms with van der Waals surface area (Å²) >= 11 is 50.0. The fourth-order valence-electron chi connectivity index (χ4n) is 0.592. The Hall–Kier alpha value is 2.52. The van der Waals surface area contributed by atoms with Gasteiger partial charge in [0, 0.05) is 0 Å². The van der Waals surface area contributed by atoms with Gasteiger partial charge in [0.25, 0.3) is 3.67 Å². The monoisotopic (exact) mass is 457 g/mol. The Kier molecular flexibility index (Phi) is 6.79. The highest BCUT2D eigenvalue weighted by Gasteiger charge is 2.72. The molecule has 0 fully saturated rings. The van der Waals surface area contributed by atoms with Crippen molar-refractivity contribution in [3.63, 3.8) is 0 Å². The molecule has 0 unspecified atom stereocenters. The van der Waals surface area contributed by atoms with Gasteiger partial charge in [-0.05, 0) is 0 Å². The largest absolute Gasteiger partial charge is 0.305 e. The normalized spacial score (nSPS) is 15.9. The van der Waals surface area contributed by atoms with Gasteiger partial charge in [0.2, 0.25) is 12.5 Å². The molecular weight excluding hydrogens is 459 g/mol. The minimum absolute atomic E-state index is 2.52. The Bertz CT molecular complexity index is 408. The molecule has 0 amide bonds. The van der Waals surface area contributed by atoms with Crippen molar-refractivity contribution in [3.8, 4) is 0 Å². The van der Waals surface area contributed by atoms with Gasteiger partial charge in [-0.3, -0.25) is 4.18 Å². The molecule has 3 nitrogen and oxygen atoms in total. The predicted octanol–water partition coefficient (Wildman–Crippen LogP) is 4.97. The van der Waals surface area contributed by atoms with E-state index in [0.29, 0.717) is 0 Å². The third-order valence-electron chi connectivity index (χ3n) is 1.59. The van der Waals surface area contributed by atoms with Crippen LogP contribution < -0.4 is 0 Å². The molecule has 13 heteroatoms. The third-order valence-corrected chi connectivity index (χ3v) is 9.23. The molecule has 0 aliphatic carbocycles. The van der Waals surface area contributed by atoms with Crippen LogP contribution in [0, 0.1) is 7.11 Å². The summed E-state index contributed by atoms with van der Waals surface area (Å²) in [7, 11) is -2.17. The summed E-state index contributed by atoms with van der Waals surface area (Å²) < 4.78 is 15.6. The summed E-state index contributed by atoms with van der Waals surface area (Å²) in [6.07, 6.45) is 0. The fraction of sp³-hybridized carbons (Fsp3) is 0.800. The van der Waals surface area contributed by atoms with Crippen molar-refractivity contribution in [2.75, 3.05) is 0 Å². The van der Waals surface area contributed by atoms with Gasteiger partial charge >= 0.3 is 10.1 Å². The summed E-state index contributed by atoms with van der Waals surface area (Å²) in [5, 5.41) is 0. The van der Waals surface area contributed by atoms with Crippen LogP contribution >= 0.6 is 104 Å². The number of rotatable bonds is 4. The second-order valence-corrected chi connectivity index (χ2v) is 11.2. The van der Waals surface area contributed by atoms with Crippen LogP contribution in [0.25, 0.3) is 0 Å². The van der Waals surface area contributed by atoms with Gasteiger partial charge in [-0.1, -0.05) is 104 Å². The predicted molar refractivity (Wildman–Crippen MR) is 79.0 cm³/mol. The molecule has 0 saturated heterocycles. The van der Waals surface area contributed by atoms with Gasteiger partial charge in [-0.15, -0.1) is 0 Å². The van der Waals surface area contributed by atoms with Crippen molar-refractivity contribution >= 4 is 115 Å². The van der Waals surface area contributed by atoms with Crippen molar-refractivity contribution in [2.24, 2.45) is 0 Å². The average Bonchev–Trinajstić information content (AvgIpc) is 2.15. The molecule has 0 bridgehead atoms. The Morgan fingerprint density at radius 1 is 0.778 bits per heavy atom. The van der Waals surface area contributed by atoms with E-state index in [1.807, 2.05) is 0 Å². The van der Waals surface area contributed by atoms with Crippen LogP contribution in [0.1, 0.15) is 0 Å². The molecule has 0 heterocycles. The van der Waals surface area contributed by atoms with E-state index in [9.17, 15) is 8.42 Å². The Labute approximate surface area is 149 Å². The number of alkyl halides is 9. The van der Waals surface area contributed by atoms with Gasteiger partial charge in [0.1, 0.15) is 0 Å². The van der Waals surface area contributed by atoms with Crippen LogP contribution in [-0.4, -0.2) is 24.5 Å². The zero-order valence-electron chi connectivity index (χ0n) is 7.74. The topological polar surface area (TPSA) is 43.4 Å². The second kappa shape index (κ2) is 5.96. The molecule has 18 heavy (non-hydrogen) atoms. The zero-order valence-corrected chi connectivity index (χ0v) is 15.4. The summed E-state index contributed by atoms with van der Waals surface area (Å²) in [6, 6.07) is 0. The van der Waals surface area contributed by atoms with Crippen LogP contribution in [0.15, 0.2) is 0 Å². The van der Waals surface area contributed by atoms with E-state index in [4.69, 9.17) is 104 Å².